The number of rotatable bonds is 0. The molecule has 0 fully saturated rings. The molecule has 0 bridgehead atoms. The third-order valence-electron chi connectivity index (χ3n) is 0. The predicted molar refractivity (Wildman–Crippen MR) is 36.8 cm³/mol. The predicted octanol–water partition coefficient (Wildman–Crippen LogP) is 5.03. The second kappa shape index (κ2) is 3.61. The van der Waals surface area contributed by atoms with E-state index in [0.717, 1.165) is 0 Å². The zero-order valence-corrected chi connectivity index (χ0v) is 12.5. The van der Waals surface area contributed by atoms with Crippen LogP contribution in [-0.2, 0) is 0 Å². The molecule has 0 atom stereocenters. The Kier molecular flexibility index (Phi) is 5.76. The van der Waals surface area contributed by atoms with Crippen LogP contribution < -0.4 is 12.3 Å². The summed E-state index contributed by atoms with van der Waals surface area (Å²) in [5.41, 5.74) is 0. The first kappa shape index (κ1) is 25.5. The molecule has 0 aliphatic rings. The molecule has 0 saturated heterocycles. The van der Waals surface area contributed by atoms with Crippen LogP contribution in [0, 0.1) is 0 Å². The number of hydrogen-bond acceptors (Lipinski definition) is 0. The van der Waals surface area contributed by atoms with Crippen LogP contribution in [0.25, 0.3) is 0 Å². The molecule has 0 radical (unpaired) electrons. The molecule has 0 heterocycles. The zero-order chi connectivity index (χ0) is 12.8. The van der Waals surface area contributed by atoms with E-state index in [1.54, 1.807) is 0 Å². The van der Waals surface area contributed by atoms with Crippen LogP contribution >= 0.6 is 0 Å². The summed E-state index contributed by atoms with van der Waals surface area (Å²) in [6, 6.07) is 0. The van der Waals surface area contributed by atoms with E-state index < -0.39 is 39.0 Å². The van der Waals surface area contributed by atoms with Crippen molar-refractivity contribution in [3.8, 4) is 0 Å². The van der Waals surface area contributed by atoms with E-state index in [1.807, 2.05) is 0 Å². The van der Waals surface area contributed by atoms with Gasteiger partial charge in [-0.05, 0) is 0 Å². The van der Waals surface area contributed by atoms with Gasteiger partial charge in [0.05, 0.1) is 0 Å². The van der Waals surface area contributed by atoms with Gasteiger partial charge in [-0.3, -0.25) is 0 Å². The molecule has 0 amide bonds. The fourth-order valence-electron chi connectivity index (χ4n) is 0. The Morgan fingerprint density at radius 3 is 0.312 bits per heavy atom. The zero-order valence-electron chi connectivity index (χ0n) is 7.43. The van der Waals surface area contributed by atoms with Crippen molar-refractivity contribution in [3.05, 3.63) is 0 Å². The van der Waals surface area contributed by atoms with Gasteiger partial charge in [0.15, 0.2) is 0 Å². The Balaban J connectivity index is -0.0000000800. The van der Waals surface area contributed by atoms with E-state index >= 15 is 0 Å². The third kappa shape index (κ3) is 5400. The molecule has 16 heavy (non-hydrogen) atoms. The van der Waals surface area contributed by atoms with Crippen molar-refractivity contribution in [2.24, 2.45) is 0 Å². The molecular formula is H8F12N2Sb2. The maximum atomic E-state index is 9.93. The quantitative estimate of drug-likeness (QED) is 0.341. The van der Waals surface area contributed by atoms with E-state index in [0.29, 0.717) is 0 Å². The summed E-state index contributed by atoms with van der Waals surface area (Å²) in [7, 11) is 0. The maximum Gasteiger partial charge on any atom is -0.369 e. The van der Waals surface area contributed by atoms with Crippen LogP contribution in [-0.4, -0.2) is 39.0 Å². The van der Waals surface area contributed by atoms with Crippen LogP contribution in [0.5, 0.6) is 0 Å². The largest absolute Gasteiger partial charge is 0.369 e. The molecule has 112 valence electrons. The van der Waals surface area contributed by atoms with E-state index in [9.17, 15) is 33.8 Å². The Labute approximate surface area is 84.9 Å². The minimum absolute atomic E-state index is 0. The van der Waals surface area contributed by atoms with Crippen LogP contribution in [0.4, 0.5) is 33.8 Å². The van der Waals surface area contributed by atoms with Crippen molar-refractivity contribution in [1.29, 1.82) is 0 Å². The van der Waals surface area contributed by atoms with Crippen molar-refractivity contribution >= 4 is 39.0 Å². The molecule has 0 aliphatic heterocycles. The summed E-state index contributed by atoms with van der Waals surface area (Å²) in [5, 5.41) is 0. The van der Waals surface area contributed by atoms with Crippen molar-refractivity contribution in [1.82, 2.24) is 12.3 Å². The van der Waals surface area contributed by atoms with E-state index in [-0.39, 0.29) is 12.3 Å². The summed E-state index contributed by atoms with van der Waals surface area (Å²) < 4.78 is 119. The summed E-state index contributed by atoms with van der Waals surface area (Å²) >= 11 is -22.5. The molecule has 0 spiro atoms. The summed E-state index contributed by atoms with van der Waals surface area (Å²) in [5.74, 6) is 0. The number of hydrogen-bond donors (Lipinski definition) is 2. The third-order valence-corrected chi connectivity index (χ3v) is 0. The normalized spacial score (nSPS) is 20.2. The van der Waals surface area contributed by atoms with Crippen molar-refractivity contribution in [3.63, 3.8) is 0 Å². The van der Waals surface area contributed by atoms with Gasteiger partial charge >= 0.3 is 72.7 Å². The summed E-state index contributed by atoms with van der Waals surface area (Å²) in [4.78, 5) is 0. The fraction of sp³-hybridized carbons (Fsp3) is 0. The Morgan fingerprint density at radius 2 is 0.312 bits per heavy atom. The van der Waals surface area contributed by atoms with Gasteiger partial charge in [-0.15, -0.1) is 0 Å². The Hall–Kier alpha value is 0.716. The topological polar surface area (TPSA) is 73.0 Å². The maximum absolute atomic E-state index is 11.2. The molecule has 2 nitrogen and oxygen atoms in total. The SMILES string of the molecule is [F][Sb-]([F])([F])([F])([F])[F].[F][Sb-]([F])([F])([F])([F])[F].[NH4+].[NH4+]. The molecule has 0 saturated carbocycles. The Bertz CT molecular complexity index is 164. The van der Waals surface area contributed by atoms with Gasteiger partial charge in [0.25, 0.3) is 0 Å². The van der Waals surface area contributed by atoms with Gasteiger partial charge in [0.2, 0.25) is 0 Å². The van der Waals surface area contributed by atoms with E-state index in [4.69, 9.17) is 0 Å². The minimum atomic E-state index is -11.2. The molecular weight excluding hydrogens is 500 g/mol. The monoisotopic (exact) mass is 506 g/mol. The van der Waals surface area contributed by atoms with Gasteiger partial charge in [-0.25, -0.2) is 0 Å². The molecule has 0 aromatic rings. The number of quaternary nitrogens is 2. The molecule has 16 heteroatoms. The summed E-state index contributed by atoms with van der Waals surface area (Å²) in [6.45, 7) is 0. The average molecular weight is 508 g/mol. The van der Waals surface area contributed by atoms with Crippen LogP contribution in [0.15, 0.2) is 0 Å². The van der Waals surface area contributed by atoms with Gasteiger partial charge in [0.1, 0.15) is 0 Å². The van der Waals surface area contributed by atoms with Crippen molar-refractivity contribution in [2.75, 3.05) is 0 Å². The Morgan fingerprint density at radius 1 is 0.312 bits per heavy atom. The smallest absolute Gasteiger partial charge is 0.369 e. The molecule has 0 aromatic carbocycles. The molecule has 0 unspecified atom stereocenters. The van der Waals surface area contributed by atoms with E-state index in [2.05, 4.69) is 0 Å². The first-order chi connectivity index (χ1) is 4.90. The molecule has 0 aromatic heterocycles. The van der Waals surface area contributed by atoms with Crippen LogP contribution in [0.3, 0.4) is 0 Å². The van der Waals surface area contributed by atoms with Crippen molar-refractivity contribution < 1.29 is 33.8 Å². The van der Waals surface area contributed by atoms with Crippen LogP contribution in [0.1, 0.15) is 0 Å². The van der Waals surface area contributed by atoms with Gasteiger partial charge in [-0.2, -0.15) is 0 Å². The molecule has 0 aliphatic carbocycles. The van der Waals surface area contributed by atoms with Crippen LogP contribution in [0.2, 0.25) is 0 Å². The summed E-state index contributed by atoms with van der Waals surface area (Å²) in [6.07, 6.45) is 0. The van der Waals surface area contributed by atoms with E-state index in [1.165, 1.54) is 0 Å². The molecule has 8 N–H and O–H groups in total. The van der Waals surface area contributed by atoms with Crippen molar-refractivity contribution in [2.45, 2.75) is 0 Å². The first-order valence-corrected chi connectivity index (χ1v) is 13.6. The van der Waals surface area contributed by atoms with Gasteiger partial charge < -0.3 is 12.3 Å². The second-order valence-electron chi connectivity index (χ2n) is 1.92. The minimum Gasteiger partial charge on any atom is -0.369 e. The fourth-order valence-corrected chi connectivity index (χ4v) is 0. The first-order valence-electron chi connectivity index (χ1n) is 2.03. The van der Waals surface area contributed by atoms with Gasteiger partial charge in [0, 0.05) is 0 Å². The second-order valence-corrected chi connectivity index (χ2v) is 12.9. The average Bonchev–Trinajstić information content (AvgIpc) is 0.938. The molecule has 0 rings (SSSR count). The van der Waals surface area contributed by atoms with Gasteiger partial charge in [-0.1, -0.05) is 0 Å². The number of halogens is 12. The standard InChI is InChI=1S/12FH.2H3N.2Sb/h12*1H;2*1H3;;/q;;;;;;;;;;;;;;2*+5/p-10.